The molecule has 6 rings (SSSR count). The average Bonchev–Trinajstić information content (AvgIpc) is 2.58. The van der Waals surface area contributed by atoms with Gasteiger partial charge in [0, 0.05) is 24.3 Å². The molecule has 1 heterocycles. The van der Waals surface area contributed by atoms with Crippen molar-refractivity contribution in [1.82, 2.24) is 0 Å². The van der Waals surface area contributed by atoms with E-state index >= 15 is 0 Å². The van der Waals surface area contributed by atoms with Crippen LogP contribution in [0.3, 0.4) is 0 Å². The van der Waals surface area contributed by atoms with E-state index in [1.54, 1.807) is 6.07 Å². The summed E-state index contributed by atoms with van der Waals surface area (Å²) >= 11 is 0. The number of amides is 1. The first kappa shape index (κ1) is 15.9. The Morgan fingerprint density at radius 2 is 1.85 bits per heavy atom. The van der Waals surface area contributed by atoms with E-state index in [4.69, 9.17) is 4.74 Å². The zero-order valence-electron chi connectivity index (χ0n) is 14.7. The molecule has 1 aliphatic heterocycles. The minimum Gasteiger partial charge on any atom is -0.482 e. The van der Waals surface area contributed by atoms with E-state index in [2.05, 4.69) is 11.4 Å². The van der Waals surface area contributed by atoms with Crippen LogP contribution in [0.25, 0.3) is 6.08 Å². The summed E-state index contributed by atoms with van der Waals surface area (Å²) in [5.74, 6) is 2.93. The molecule has 26 heavy (non-hydrogen) atoms. The van der Waals surface area contributed by atoms with Crippen LogP contribution in [0.5, 0.6) is 5.75 Å². The third kappa shape index (κ3) is 2.20. The molecule has 4 fully saturated rings. The zero-order valence-corrected chi connectivity index (χ0v) is 14.7. The maximum absolute atomic E-state index is 11.5. The van der Waals surface area contributed by atoms with Gasteiger partial charge in [0.15, 0.2) is 0 Å². The molecule has 4 saturated carbocycles. The highest BCUT2D eigenvalue weighted by Gasteiger charge is 2.58. The van der Waals surface area contributed by atoms with Crippen molar-refractivity contribution in [1.29, 1.82) is 0 Å². The van der Waals surface area contributed by atoms with Crippen molar-refractivity contribution in [2.45, 2.75) is 44.6 Å². The molecule has 4 bridgehead atoms. The normalized spacial score (nSPS) is 35.9. The van der Waals surface area contributed by atoms with Gasteiger partial charge in [0.25, 0.3) is 5.69 Å². The van der Waals surface area contributed by atoms with Crippen LogP contribution < -0.4 is 10.1 Å². The van der Waals surface area contributed by atoms with E-state index in [1.165, 1.54) is 45.1 Å². The Hall–Kier alpha value is -2.37. The molecule has 1 N–H and O–H groups in total. The Balaban J connectivity index is 1.55. The van der Waals surface area contributed by atoms with Crippen LogP contribution in [0.4, 0.5) is 11.4 Å². The van der Waals surface area contributed by atoms with Gasteiger partial charge in [-0.1, -0.05) is 6.08 Å². The van der Waals surface area contributed by atoms with Crippen molar-refractivity contribution in [2.75, 3.05) is 5.32 Å². The van der Waals surface area contributed by atoms with Gasteiger partial charge in [-0.3, -0.25) is 14.9 Å². The highest BCUT2D eigenvalue weighted by Crippen LogP contribution is 2.61. The number of nitro benzene ring substituents is 1. The highest BCUT2D eigenvalue weighted by atomic mass is 16.6. The summed E-state index contributed by atoms with van der Waals surface area (Å²) in [6, 6.07) is 3.13. The summed E-state index contributed by atoms with van der Waals surface area (Å²) in [7, 11) is 0. The summed E-state index contributed by atoms with van der Waals surface area (Å²) in [4.78, 5) is 22.4. The number of hydrogen-bond acceptors (Lipinski definition) is 4. The molecule has 0 atom stereocenters. The Kier molecular flexibility index (Phi) is 3.24. The Morgan fingerprint density at radius 1 is 1.19 bits per heavy atom. The smallest absolute Gasteiger partial charge is 0.296 e. The summed E-state index contributed by atoms with van der Waals surface area (Å²) < 4.78 is 6.54. The van der Waals surface area contributed by atoms with Crippen molar-refractivity contribution in [2.24, 2.45) is 23.7 Å². The minimum absolute atomic E-state index is 0.117. The SMILES string of the molecule is CC(=O)Nc1cc2c(cc1[N+](=O)[O-])OC1(C=C2)C2CC3CC(C2)CC1C3. The number of rotatable bonds is 2. The van der Waals surface area contributed by atoms with Gasteiger partial charge in [-0.15, -0.1) is 0 Å². The van der Waals surface area contributed by atoms with Gasteiger partial charge in [-0.2, -0.15) is 0 Å². The number of carbonyl (C=O) groups excluding carboxylic acids is 1. The van der Waals surface area contributed by atoms with Gasteiger partial charge in [-0.05, 0) is 56.1 Å². The van der Waals surface area contributed by atoms with E-state index in [9.17, 15) is 14.9 Å². The van der Waals surface area contributed by atoms with Crippen LogP contribution >= 0.6 is 0 Å². The molecule has 5 aliphatic rings. The van der Waals surface area contributed by atoms with Gasteiger partial charge < -0.3 is 10.1 Å². The van der Waals surface area contributed by atoms with Gasteiger partial charge >= 0.3 is 0 Å². The molecule has 136 valence electrons. The first-order valence-corrected chi connectivity index (χ1v) is 9.43. The number of benzene rings is 1. The zero-order chi connectivity index (χ0) is 18.1. The minimum atomic E-state index is -0.462. The van der Waals surface area contributed by atoms with Crippen LogP contribution in [0.1, 0.15) is 44.6 Å². The lowest BCUT2D eigenvalue weighted by Gasteiger charge is -2.60. The summed E-state index contributed by atoms with van der Waals surface area (Å²) in [6.07, 6.45) is 10.4. The quantitative estimate of drug-likeness (QED) is 0.639. The number of nitrogens with one attached hydrogen (secondary N) is 1. The summed E-state index contributed by atoms with van der Waals surface area (Å²) in [5, 5.41) is 14.0. The Morgan fingerprint density at radius 3 is 2.42 bits per heavy atom. The van der Waals surface area contributed by atoms with E-state index in [1.807, 2.05) is 6.08 Å². The van der Waals surface area contributed by atoms with E-state index < -0.39 is 4.92 Å². The molecule has 1 aromatic rings. The number of nitrogens with zero attached hydrogens (tertiary/aromatic N) is 1. The molecule has 4 aliphatic carbocycles. The molecule has 0 radical (unpaired) electrons. The van der Waals surface area contributed by atoms with Crippen molar-refractivity contribution in [3.05, 3.63) is 33.9 Å². The predicted octanol–water partition coefficient (Wildman–Crippen LogP) is 4.15. The molecule has 6 heteroatoms. The monoisotopic (exact) mass is 354 g/mol. The third-order valence-electron chi connectivity index (χ3n) is 6.86. The molecule has 6 nitrogen and oxygen atoms in total. The lowest BCUT2D eigenvalue weighted by molar-refractivity contribution is -0.384. The molecule has 1 spiro atoms. The van der Waals surface area contributed by atoms with Crippen LogP contribution in [0, 0.1) is 33.8 Å². The summed E-state index contributed by atoms with van der Waals surface area (Å²) in [6.45, 7) is 1.35. The average molecular weight is 354 g/mol. The van der Waals surface area contributed by atoms with E-state index in [-0.39, 0.29) is 22.9 Å². The number of fused-ring (bicyclic) bond motifs is 1. The second-order valence-corrected chi connectivity index (χ2v) is 8.44. The molecule has 0 saturated heterocycles. The second-order valence-electron chi connectivity index (χ2n) is 8.44. The van der Waals surface area contributed by atoms with Gasteiger partial charge in [0.2, 0.25) is 5.91 Å². The number of carbonyl (C=O) groups is 1. The lowest BCUT2D eigenvalue weighted by Crippen LogP contribution is -2.60. The van der Waals surface area contributed by atoms with Crippen LogP contribution in [0.2, 0.25) is 0 Å². The van der Waals surface area contributed by atoms with Gasteiger partial charge in [0.05, 0.1) is 11.0 Å². The molecule has 0 aromatic heterocycles. The number of hydrogen-bond donors (Lipinski definition) is 1. The molecular formula is C20H22N2O4. The number of nitro groups is 1. The largest absolute Gasteiger partial charge is 0.482 e. The van der Waals surface area contributed by atoms with Gasteiger partial charge in [-0.25, -0.2) is 0 Å². The second kappa shape index (κ2) is 5.32. The predicted molar refractivity (Wildman–Crippen MR) is 96.8 cm³/mol. The fraction of sp³-hybridized carbons (Fsp3) is 0.550. The first-order chi connectivity index (χ1) is 12.4. The number of ether oxygens (including phenoxy) is 1. The van der Waals surface area contributed by atoms with Crippen LogP contribution in [0.15, 0.2) is 18.2 Å². The number of anilines is 1. The molecule has 1 aromatic carbocycles. The highest BCUT2D eigenvalue weighted by molar-refractivity contribution is 5.92. The fourth-order valence-corrected chi connectivity index (χ4v) is 6.05. The van der Waals surface area contributed by atoms with Crippen molar-refractivity contribution in [3.63, 3.8) is 0 Å². The summed E-state index contributed by atoms with van der Waals surface area (Å²) in [5.41, 5.74) is 0.589. The van der Waals surface area contributed by atoms with E-state index in [0.29, 0.717) is 17.6 Å². The lowest BCUT2D eigenvalue weighted by atomic mass is 9.49. The Labute approximate surface area is 151 Å². The van der Waals surface area contributed by atoms with Crippen LogP contribution in [-0.4, -0.2) is 16.4 Å². The van der Waals surface area contributed by atoms with Crippen molar-refractivity contribution >= 4 is 23.4 Å². The van der Waals surface area contributed by atoms with Crippen molar-refractivity contribution < 1.29 is 14.5 Å². The molecule has 0 unspecified atom stereocenters. The third-order valence-corrected chi connectivity index (χ3v) is 6.86. The maximum atomic E-state index is 11.5. The van der Waals surface area contributed by atoms with Crippen LogP contribution in [-0.2, 0) is 4.79 Å². The standard InChI is InChI=1S/C20H22N2O4/c1-11(23)21-17-9-14-2-3-20(26-19(14)10-18(17)22(24)25)15-5-12-4-13(7-15)8-16(20)6-12/h2-3,9-10,12-13,15-16H,4-8H2,1H3,(H,21,23). The van der Waals surface area contributed by atoms with Gasteiger partial charge in [0.1, 0.15) is 17.0 Å². The topological polar surface area (TPSA) is 81.5 Å². The van der Waals surface area contributed by atoms with E-state index in [0.717, 1.165) is 17.4 Å². The molecule has 1 amide bonds. The molecular weight excluding hydrogens is 332 g/mol. The Bertz CT molecular complexity index is 816. The fourth-order valence-electron chi connectivity index (χ4n) is 6.05. The van der Waals surface area contributed by atoms with Crippen molar-refractivity contribution in [3.8, 4) is 5.75 Å². The maximum Gasteiger partial charge on any atom is 0.296 e. The first-order valence-electron chi connectivity index (χ1n) is 9.43.